The highest BCUT2D eigenvalue weighted by Gasteiger charge is 2.17. The zero-order valence-corrected chi connectivity index (χ0v) is 13.5. The average Bonchev–Trinajstić information content (AvgIpc) is 2.46. The van der Waals surface area contributed by atoms with E-state index in [2.05, 4.69) is 37.4 Å². The van der Waals surface area contributed by atoms with E-state index < -0.39 is 0 Å². The van der Waals surface area contributed by atoms with Crippen LogP contribution >= 0.6 is 0 Å². The first-order valence-corrected chi connectivity index (χ1v) is 8.43. The van der Waals surface area contributed by atoms with Gasteiger partial charge in [0.1, 0.15) is 0 Å². The van der Waals surface area contributed by atoms with Gasteiger partial charge in [-0.25, -0.2) is 4.79 Å². The lowest BCUT2D eigenvalue weighted by atomic mass is 10.0. The molecule has 3 nitrogen and oxygen atoms in total. The Morgan fingerprint density at radius 1 is 1.00 bits per heavy atom. The highest BCUT2D eigenvalue weighted by atomic mass is 16.2. The third kappa shape index (κ3) is 4.23. The first-order chi connectivity index (χ1) is 10.3. The molecule has 0 unspecified atom stereocenters. The normalized spacial score (nSPS) is 16.2. The molecule has 0 bridgehead atoms. The van der Waals surface area contributed by atoms with Gasteiger partial charge in [-0.15, -0.1) is 0 Å². The summed E-state index contributed by atoms with van der Waals surface area (Å²) in [5.74, 6) is 0. The summed E-state index contributed by atoms with van der Waals surface area (Å²) in [6.07, 6.45) is 7.96. The van der Waals surface area contributed by atoms with Crippen molar-refractivity contribution in [1.29, 1.82) is 0 Å². The summed E-state index contributed by atoms with van der Waals surface area (Å²) in [7, 11) is 0. The van der Waals surface area contributed by atoms with Gasteiger partial charge in [0.2, 0.25) is 0 Å². The molecule has 2 rings (SSSR count). The van der Waals surface area contributed by atoms with Gasteiger partial charge in [-0.05, 0) is 36.8 Å². The number of nitrogens with one attached hydrogen (secondary N) is 1. The second-order valence-corrected chi connectivity index (χ2v) is 5.84. The largest absolute Gasteiger partial charge is 0.325 e. The van der Waals surface area contributed by atoms with Crippen molar-refractivity contribution >= 4 is 11.7 Å². The molecule has 2 amide bonds. The van der Waals surface area contributed by atoms with Crippen LogP contribution in [0.5, 0.6) is 0 Å². The number of carbonyl (C=O) groups excluding carboxylic acids is 1. The number of hydrogen-bond donors (Lipinski definition) is 1. The van der Waals surface area contributed by atoms with Crippen molar-refractivity contribution in [2.24, 2.45) is 0 Å². The molecule has 3 heteroatoms. The Morgan fingerprint density at radius 3 is 2.05 bits per heavy atom. The fraction of sp³-hybridized carbons (Fsp3) is 0.611. The van der Waals surface area contributed by atoms with Crippen molar-refractivity contribution < 1.29 is 4.79 Å². The summed E-state index contributed by atoms with van der Waals surface area (Å²) in [6.45, 7) is 6.06. The lowest BCUT2D eigenvalue weighted by Crippen LogP contribution is -2.37. The van der Waals surface area contributed by atoms with E-state index in [9.17, 15) is 4.79 Å². The van der Waals surface area contributed by atoms with E-state index in [1.54, 1.807) is 0 Å². The van der Waals surface area contributed by atoms with Gasteiger partial charge < -0.3 is 10.2 Å². The van der Waals surface area contributed by atoms with Crippen molar-refractivity contribution in [3.05, 3.63) is 29.3 Å². The first kappa shape index (κ1) is 15.9. The first-order valence-electron chi connectivity index (χ1n) is 8.43. The van der Waals surface area contributed by atoms with Crippen LogP contribution in [0.1, 0.15) is 57.1 Å². The quantitative estimate of drug-likeness (QED) is 0.865. The molecule has 0 atom stereocenters. The van der Waals surface area contributed by atoms with Crippen molar-refractivity contribution in [3.63, 3.8) is 0 Å². The second-order valence-electron chi connectivity index (χ2n) is 5.84. The Kier molecular flexibility index (Phi) is 6.09. The molecular weight excluding hydrogens is 260 g/mol. The lowest BCUT2D eigenvalue weighted by molar-refractivity contribution is 0.206. The summed E-state index contributed by atoms with van der Waals surface area (Å²) in [5.41, 5.74) is 3.50. The standard InChI is InChI=1S/C18H28N2O/c1-3-15-11-10-12-16(4-2)17(15)19-18(21)20-13-8-6-5-7-9-14-20/h10-12H,3-9,13-14H2,1-2H3,(H,19,21). The molecule has 0 aliphatic carbocycles. The molecule has 1 heterocycles. The monoisotopic (exact) mass is 288 g/mol. The number of likely N-dealkylation sites (tertiary alicyclic amines) is 1. The van der Waals surface area contributed by atoms with Crippen molar-refractivity contribution in [3.8, 4) is 0 Å². The van der Waals surface area contributed by atoms with Crippen molar-refractivity contribution in [2.75, 3.05) is 18.4 Å². The fourth-order valence-electron chi connectivity index (χ4n) is 3.04. The van der Waals surface area contributed by atoms with Gasteiger partial charge in [0.25, 0.3) is 0 Å². The predicted molar refractivity (Wildman–Crippen MR) is 88.9 cm³/mol. The van der Waals surface area contributed by atoms with E-state index in [1.165, 1.54) is 30.4 Å². The van der Waals surface area contributed by atoms with E-state index in [4.69, 9.17) is 0 Å². The molecule has 0 saturated carbocycles. The number of hydrogen-bond acceptors (Lipinski definition) is 1. The van der Waals surface area contributed by atoms with Crippen LogP contribution in [0.2, 0.25) is 0 Å². The van der Waals surface area contributed by atoms with Crippen LogP contribution in [-0.2, 0) is 12.8 Å². The van der Waals surface area contributed by atoms with E-state index in [0.29, 0.717) is 0 Å². The Hall–Kier alpha value is -1.51. The van der Waals surface area contributed by atoms with Gasteiger partial charge in [-0.1, -0.05) is 51.3 Å². The molecule has 1 aromatic carbocycles. The number of carbonyl (C=O) groups is 1. The number of para-hydroxylation sites is 1. The maximum Gasteiger partial charge on any atom is 0.321 e. The van der Waals surface area contributed by atoms with Gasteiger partial charge >= 0.3 is 6.03 Å². The van der Waals surface area contributed by atoms with E-state index >= 15 is 0 Å². The summed E-state index contributed by atoms with van der Waals surface area (Å²) in [5, 5.41) is 3.19. The summed E-state index contributed by atoms with van der Waals surface area (Å²) >= 11 is 0. The van der Waals surface area contributed by atoms with Crippen LogP contribution in [0.3, 0.4) is 0 Å². The number of rotatable bonds is 3. The summed E-state index contributed by atoms with van der Waals surface area (Å²) < 4.78 is 0. The Balaban J connectivity index is 2.10. The molecule has 0 radical (unpaired) electrons. The lowest BCUT2D eigenvalue weighted by Gasteiger charge is -2.26. The summed E-state index contributed by atoms with van der Waals surface area (Å²) in [4.78, 5) is 14.6. The maximum absolute atomic E-state index is 12.6. The van der Waals surface area contributed by atoms with Gasteiger partial charge in [-0.3, -0.25) is 0 Å². The van der Waals surface area contributed by atoms with Crippen LogP contribution in [0, 0.1) is 0 Å². The van der Waals surface area contributed by atoms with Gasteiger partial charge in [-0.2, -0.15) is 0 Å². The van der Waals surface area contributed by atoms with Crippen LogP contribution < -0.4 is 5.32 Å². The second kappa shape index (κ2) is 8.06. The van der Waals surface area contributed by atoms with E-state index in [1.807, 2.05) is 4.90 Å². The molecule has 1 aliphatic heterocycles. The van der Waals surface area contributed by atoms with Crippen molar-refractivity contribution in [1.82, 2.24) is 4.90 Å². The Morgan fingerprint density at radius 2 is 1.52 bits per heavy atom. The highest BCUT2D eigenvalue weighted by Crippen LogP contribution is 2.23. The van der Waals surface area contributed by atoms with E-state index in [-0.39, 0.29) is 6.03 Å². The number of nitrogens with zero attached hydrogens (tertiary/aromatic N) is 1. The average molecular weight is 288 g/mol. The third-order valence-electron chi connectivity index (χ3n) is 4.37. The molecule has 1 fully saturated rings. The third-order valence-corrected chi connectivity index (χ3v) is 4.37. The maximum atomic E-state index is 12.6. The smallest absolute Gasteiger partial charge is 0.321 e. The molecular formula is C18H28N2O. The molecule has 0 spiro atoms. The van der Waals surface area contributed by atoms with Crippen LogP contribution in [0.25, 0.3) is 0 Å². The van der Waals surface area contributed by atoms with Gasteiger partial charge in [0.05, 0.1) is 0 Å². The van der Waals surface area contributed by atoms with E-state index in [0.717, 1.165) is 44.5 Å². The zero-order chi connectivity index (χ0) is 15.1. The van der Waals surface area contributed by atoms with Crippen LogP contribution in [0.15, 0.2) is 18.2 Å². The minimum atomic E-state index is 0.0764. The number of amides is 2. The van der Waals surface area contributed by atoms with Gasteiger partial charge in [0.15, 0.2) is 0 Å². The molecule has 21 heavy (non-hydrogen) atoms. The topological polar surface area (TPSA) is 32.3 Å². The highest BCUT2D eigenvalue weighted by molar-refractivity contribution is 5.91. The number of benzene rings is 1. The number of aryl methyl sites for hydroxylation is 2. The minimum absolute atomic E-state index is 0.0764. The Bertz CT molecular complexity index is 440. The predicted octanol–water partition coefficient (Wildman–Crippen LogP) is 4.61. The fourth-order valence-corrected chi connectivity index (χ4v) is 3.04. The van der Waals surface area contributed by atoms with Crippen LogP contribution in [0.4, 0.5) is 10.5 Å². The molecule has 1 saturated heterocycles. The molecule has 116 valence electrons. The van der Waals surface area contributed by atoms with Crippen molar-refractivity contribution in [2.45, 2.75) is 58.8 Å². The Labute approximate surface area is 128 Å². The molecule has 1 N–H and O–H groups in total. The SMILES string of the molecule is CCc1cccc(CC)c1NC(=O)N1CCCCCCC1. The molecule has 0 aromatic heterocycles. The number of urea groups is 1. The number of anilines is 1. The summed E-state index contributed by atoms with van der Waals surface area (Å²) in [6, 6.07) is 6.39. The van der Waals surface area contributed by atoms with Crippen LogP contribution in [-0.4, -0.2) is 24.0 Å². The zero-order valence-electron chi connectivity index (χ0n) is 13.5. The minimum Gasteiger partial charge on any atom is -0.325 e. The molecule has 1 aromatic rings. The van der Waals surface area contributed by atoms with Gasteiger partial charge in [0, 0.05) is 18.8 Å². The molecule has 1 aliphatic rings.